The lowest BCUT2D eigenvalue weighted by Gasteiger charge is -2.38. The fourth-order valence-corrected chi connectivity index (χ4v) is 11.7. The summed E-state index contributed by atoms with van der Waals surface area (Å²) in [6, 6.07) is 10.3. The van der Waals surface area contributed by atoms with E-state index >= 15 is 0 Å². The van der Waals surface area contributed by atoms with Crippen LogP contribution in [-0.4, -0.2) is 116 Å². The van der Waals surface area contributed by atoms with Crippen molar-refractivity contribution >= 4 is 40.0 Å². The molecule has 2 fully saturated rings. The van der Waals surface area contributed by atoms with Gasteiger partial charge in [-0.05, 0) is 75.3 Å². The Balaban J connectivity index is 1.09. The Bertz CT molecular complexity index is 2880. The third-order valence-corrected chi connectivity index (χ3v) is 16.4. The van der Waals surface area contributed by atoms with Crippen molar-refractivity contribution in [2.75, 3.05) is 38.0 Å². The van der Waals surface area contributed by atoms with Crippen LogP contribution >= 0.6 is 0 Å². The number of aliphatic hydroxyl groups is 2. The van der Waals surface area contributed by atoms with Gasteiger partial charge in [0.15, 0.2) is 5.75 Å². The molecule has 6 heterocycles. The molecular formula is C59H77N5O11. The number of likely N-dealkylation sites (tertiary alicyclic amines) is 2. The SMILES string of the molecule is C/C1=C/C=C/[C@H](C)[C@H](O)[C@@H](C)[C@@H](O)[C@@H](C)[C@H](OC(=O)CC(=O)N2CCC(CCc3ccccc3)CC2)[C@H](C)C/C=C/O[C@@]2(C)Oc3c(C)c(O)c4c(O)c(c5c(c4c3C2=O)NC2(CCN(CC(C)C)CC2)N=5)=NC1=O. The molecule has 2 amide bonds. The molecule has 0 unspecified atom stereocenters. The quantitative estimate of drug-likeness (QED) is 0.0847. The van der Waals surface area contributed by atoms with Crippen molar-refractivity contribution in [3.05, 3.63) is 93.9 Å². The van der Waals surface area contributed by atoms with Crippen LogP contribution in [0.15, 0.2) is 76.5 Å². The second-order valence-corrected chi connectivity index (χ2v) is 22.6. The number of amides is 2. The van der Waals surface area contributed by atoms with Gasteiger partial charge in [0.05, 0.1) is 35.1 Å². The monoisotopic (exact) mass is 1030 g/mol. The molecule has 16 heteroatoms. The lowest BCUT2D eigenvalue weighted by molar-refractivity contribution is -0.162. The van der Waals surface area contributed by atoms with Crippen molar-refractivity contribution in [1.82, 2.24) is 9.80 Å². The number of carbonyl (C=O) groups is 4. The second kappa shape index (κ2) is 22.6. The zero-order chi connectivity index (χ0) is 54.1. The van der Waals surface area contributed by atoms with Crippen molar-refractivity contribution in [2.24, 2.45) is 45.5 Å². The minimum absolute atomic E-state index is 0.0591. The number of aromatic hydroxyl groups is 2. The number of hydrogen-bond acceptors (Lipinski definition) is 14. The number of benzene rings is 3. The van der Waals surface area contributed by atoms with Crippen LogP contribution < -0.4 is 20.8 Å². The summed E-state index contributed by atoms with van der Waals surface area (Å²) >= 11 is 0. The maximum Gasteiger partial charge on any atom is 0.315 e. The molecule has 16 nitrogen and oxygen atoms in total. The first kappa shape index (κ1) is 55.1. The molecule has 8 atom stereocenters. The average Bonchev–Trinajstić information content (AvgIpc) is 3.89. The van der Waals surface area contributed by atoms with Gasteiger partial charge < -0.3 is 49.8 Å². The van der Waals surface area contributed by atoms with Gasteiger partial charge >= 0.3 is 11.8 Å². The molecule has 6 aliphatic rings. The zero-order valence-corrected chi connectivity index (χ0v) is 45.1. The number of aryl methyl sites for hydroxylation is 1. The molecule has 2 saturated heterocycles. The summed E-state index contributed by atoms with van der Waals surface area (Å²) in [5, 5.41) is 51.3. The number of hydrogen-bond donors (Lipinski definition) is 5. The number of ketones is 1. The van der Waals surface area contributed by atoms with E-state index in [1.54, 1.807) is 63.8 Å². The van der Waals surface area contributed by atoms with Gasteiger partial charge in [0.25, 0.3) is 11.7 Å². The number of phenols is 2. The molecule has 0 aliphatic carbocycles. The molecule has 3 aromatic carbocycles. The lowest BCUT2D eigenvalue weighted by Crippen LogP contribution is -2.47. The van der Waals surface area contributed by atoms with Crippen LogP contribution in [0.5, 0.6) is 17.2 Å². The minimum atomic E-state index is -1.94. The number of phenolic OH excluding ortho intramolecular Hbond substituents is 2. The summed E-state index contributed by atoms with van der Waals surface area (Å²) in [4.78, 5) is 69.9. The van der Waals surface area contributed by atoms with Crippen LogP contribution in [0.25, 0.3) is 10.8 Å². The summed E-state index contributed by atoms with van der Waals surface area (Å²) in [6.45, 7) is 19.5. The van der Waals surface area contributed by atoms with Crippen molar-refractivity contribution in [1.29, 1.82) is 0 Å². The van der Waals surface area contributed by atoms with Crippen LogP contribution in [0.3, 0.4) is 0 Å². The summed E-state index contributed by atoms with van der Waals surface area (Å²) in [5.41, 5.74) is 1.17. The number of nitrogens with zero attached hydrogens (tertiary/aromatic N) is 4. The number of carbonyl (C=O) groups excluding carboxylic acids is 4. The number of Topliss-reactive ketones (excluding diaryl/α,β-unsaturated/α-hetero) is 1. The molecule has 3 aromatic rings. The van der Waals surface area contributed by atoms with Gasteiger partial charge in [0.2, 0.25) is 5.91 Å². The first-order valence-corrected chi connectivity index (χ1v) is 27.0. The van der Waals surface area contributed by atoms with Crippen molar-refractivity contribution in [2.45, 2.75) is 143 Å². The molecule has 5 N–H and O–H groups in total. The number of rotatable bonds is 8. The minimum Gasteiger partial charge on any atom is -0.507 e. The number of allylic oxidation sites excluding steroid dienone is 3. The first-order chi connectivity index (χ1) is 35.6. The fraction of sp³-hybridized carbons (Fsp3) is 0.559. The van der Waals surface area contributed by atoms with Crippen LogP contribution in [-0.2, 0) is 30.3 Å². The topological polar surface area (TPSA) is 220 Å². The molecule has 6 aliphatic heterocycles. The molecule has 0 aromatic heterocycles. The molecule has 75 heavy (non-hydrogen) atoms. The highest BCUT2D eigenvalue weighted by molar-refractivity contribution is 6.21. The van der Waals surface area contributed by atoms with Crippen LogP contribution in [0.4, 0.5) is 5.69 Å². The van der Waals surface area contributed by atoms with E-state index in [2.05, 4.69) is 41.2 Å². The summed E-state index contributed by atoms with van der Waals surface area (Å²) in [7, 11) is 0. The van der Waals surface area contributed by atoms with E-state index in [9.17, 15) is 39.6 Å². The maximum atomic E-state index is 14.9. The van der Waals surface area contributed by atoms with E-state index < -0.39 is 83.3 Å². The van der Waals surface area contributed by atoms with E-state index in [1.165, 1.54) is 18.7 Å². The van der Waals surface area contributed by atoms with E-state index in [-0.39, 0.29) is 62.0 Å². The Kier molecular flexibility index (Phi) is 16.6. The van der Waals surface area contributed by atoms with Crippen LogP contribution in [0.1, 0.15) is 122 Å². The van der Waals surface area contributed by atoms with Crippen molar-refractivity contribution < 1.29 is 53.8 Å². The smallest absolute Gasteiger partial charge is 0.315 e. The second-order valence-electron chi connectivity index (χ2n) is 22.6. The molecule has 0 radical (unpaired) electrons. The number of piperidine rings is 2. The highest BCUT2D eigenvalue weighted by Gasteiger charge is 2.51. The van der Waals surface area contributed by atoms with Crippen LogP contribution in [0, 0.1) is 42.4 Å². The molecule has 404 valence electrons. The van der Waals surface area contributed by atoms with Gasteiger partial charge in [-0.2, -0.15) is 0 Å². The molecular weight excluding hydrogens is 955 g/mol. The normalized spacial score (nSPS) is 29.2. The van der Waals surface area contributed by atoms with Gasteiger partial charge in [-0.3, -0.25) is 24.2 Å². The first-order valence-electron chi connectivity index (χ1n) is 27.0. The average molecular weight is 1030 g/mol. The van der Waals surface area contributed by atoms with E-state index in [0.717, 1.165) is 45.3 Å². The third kappa shape index (κ3) is 11.5. The Labute approximate surface area is 440 Å². The third-order valence-electron chi connectivity index (χ3n) is 16.4. The fourth-order valence-electron chi connectivity index (χ4n) is 11.7. The number of nitrogens with one attached hydrogen (secondary N) is 1. The number of fused-ring (bicyclic) bond motifs is 13. The summed E-state index contributed by atoms with van der Waals surface area (Å²) < 4.78 is 18.7. The molecule has 5 bridgehead atoms. The standard InChI is InChI=1S/C59H77N5O11/c1-33(2)32-63-28-24-59(25-29-63)61-47-44-45-52(69)39(8)55-46(44)56(71)58(9,75-55)73-30-14-17-35(4)54(74-43(66)31-42(65)64-26-22-41(23-27-64)21-20-40-18-11-10-12-19-40)38(7)51(68)37(6)50(67)34(3)15-13-16-36(5)57(72)60-49(53(45)70)48(47)62-59/h10-16,18-19,30,33-35,37-38,41,50-51,54,61,67-70H,17,20-29,31-32H2,1-9H3/b15-13+,30-14+,36-16-,60-49?/t34-,35+,37+,38+,50-,51+,54+,58-/m0/s1. The highest BCUT2D eigenvalue weighted by atomic mass is 16.7. The molecule has 9 rings (SSSR count). The van der Waals surface area contributed by atoms with Gasteiger partial charge in [-0.25, -0.2) is 4.99 Å². The number of ether oxygens (including phenoxy) is 3. The highest BCUT2D eigenvalue weighted by Crippen LogP contribution is 2.51. The Morgan fingerprint density at radius 2 is 1.61 bits per heavy atom. The largest absolute Gasteiger partial charge is 0.507 e. The van der Waals surface area contributed by atoms with Crippen LogP contribution in [0.2, 0.25) is 0 Å². The predicted octanol–water partition coefficient (Wildman–Crippen LogP) is 7.37. The Hall–Kier alpha value is -6.10. The Morgan fingerprint density at radius 1 is 0.920 bits per heavy atom. The lowest BCUT2D eigenvalue weighted by atomic mass is 9.79. The van der Waals surface area contributed by atoms with Gasteiger partial charge in [0, 0.05) is 86.8 Å². The number of anilines is 1. The van der Waals surface area contributed by atoms with Gasteiger partial charge in [-0.1, -0.05) is 90.1 Å². The molecule has 0 saturated carbocycles. The van der Waals surface area contributed by atoms with Crippen molar-refractivity contribution in [3.63, 3.8) is 0 Å². The van der Waals surface area contributed by atoms with Gasteiger partial charge in [-0.15, -0.1) is 0 Å². The Morgan fingerprint density at radius 3 is 2.29 bits per heavy atom. The van der Waals surface area contributed by atoms with E-state index in [1.807, 2.05) is 25.1 Å². The van der Waals surface area contributed by atoms with Gasteiger partial charge in [0.1, 0.15) is 40.4 Å². The summed E-state index contributed by atoms with van der Waals surface area (Å²) in [6.07, 6.45) is 9.33. The van der Waals surface area contributed by atoms with E-state index in [0.29, 0.717) is 43.5 Å². The van der Waals surface area contributed by atoms with E-state index in [4.69, 9.17) is 19.2 Å². The zero-order valence-electron chi connectivity index (χ0n) is 45.1. The molecule has 1 spiro atoms. The predicted molar refractivity (Wildman–Crippen MR) is 285 cm³/mol. The number of aliphatic hydroxyl groups excluding tert-OH is 2. The van der Waals surface area contributed by atoms with Crippen molar-refractivity contribution in [3.8, 4) is 17.2 Å². The number of esters is 1. The summed E-state index contributed by atoms with van der Waals surface area (Å²) in [5.74, 6) is -6.59. The maximum absolute atomic E-state index is 14.9.